The van der Waals surface area contributed by atoms with Gasteiger partial charge in [0.1, 0.15) is 6.33 Å². The lowest BCUT2D eigenvalue weighted by Crippen LogP contribution is -2.07. The van der Waals surface area contributed by atoms with Gasteiger partial charge in [0.15, 0.2) is 0 Å². The number of rotatable bonds is 2. The monoisotopic (exact) mass is 267 g/mol. The van der Waals surface area contributed by atoms with Crippen LogP contribution in [0.15, 0.2) is 6.33 Å². The van der Waals surface area contributed by atoms with Crippen molar-refractivity contribution in [3.63, 3.8) is 0 Å². The Morgan fingerprint density at radius 2 is 2.00 bits per heavy atom. The molecule has 2 aromatic rings. The number of halogens is 1. The largest absolute Gasteiger partial charge is 0.350 e. The molecule has 0 aromatic carbocycles. The molecule has 0 aliphatic carbocycles. The van der Waals surface area contributed by atoms with Gasteiger partial charge in [-0.15, -0.1) is 0 Å². The van der Waals surface area contributed by atoms with Gasteiger partial charge in [0.05, 0.1) is 10.6 Å². The third-order valence-corrected chi connectivity index (χ3v) is 3.07. The molecule has 0 spiro atoms. The van der Waals surface area contributed by atoms with Crippen LogP contribution < -0.4 is 0 Å². The minimum atomic E-state index is -0.608. The van der Waals surface area contributed by atoms with Gasteiger partial charge in [-0.2, -0.15) is 5.10 Å². The van der Waals surface area contributed by atoms with E-state index in [0.29, 0.717) is 0 Å². The van der Waals surface area contributed by atoms with Gasteiger partial charge in [-0.3, -0.25) is 10.1 Å². The Hall–Kier alpha value is -2.02. The maximum absolute atomic E-state index is 11.0. The van der Waals surface area contributed by atoms with Gasteiger partial charge >= 0.3 is 5.69 Å². The smallest absolute Gasteiger partial charge is 0.258 e. The number of aryl methyl sites for hydroxylation is 1. The summed E-state index contributed by atoms with van der Waals surface area (Å²) in [5.41, 5.74) is 2.19. The predicted octanol–water partition coefficient (Wildman–Crippen LogP) is 2.15. The molecular weight excluding hydrogens is 258 g/mol. The Bertz CT molecular complexity index is 637. The van der Waals surface area contributed by atoms with Crippen LogP contribution in [0.4, 0.5) is 5.69 Å². The van der Waals surface area contributed by atoms with Crippen molar-refractivity contribution in [2.45, 2.75) is 20.8 Å². The van der Waals surface area contributed by atoms with E-state index in [2.05, 4.69) is 15.1 Å². The molecule has 0 aliphatic heterocycles. The zero-order valence-corrected chi connectivity index (χ0v) is 10.8. The second-order valence-electron chi connectivity index (χ2n) is 3.80. The topological polar surface area (TPSA) is 86.7 Å². The van der Waals surface area contributed by atoms with Crippen LogP contribution in [0.5, 0.6) is 0 Å². The van der Waals surface area contributed by atoms with E-state index in [1.807, 2.05) is 20.8 Å². The van der Waals surface area contributed by atoms with Gasteiger partial charge in [-0.1, -0.05) is 11.6 Å². The predicted molar refractivity (Wildman–Crippen MR) is 65.0 cm³/mol. The molecule has 0 bridgehead atoms. The first-order valence-corrected chi connectivity index (χ1v) is 5.49. The fourth-order valence-electron chi connectivity index (χ4n) is 1.59. The molecular formula is C10H10ClN5O2. The summed E-state index contributed by atoms with van der Waals surface area (Å²) < 4.78 is 1.41. The van der Waals surface area contributed by atoms with Crippen molar-refractivity contribution in [1.82, 2.24) is 19.7 Å². The van der Waals surface area contributed by atoms with E-state index in [0.717, 1.165) is 17.0 Å². The van der Waals surface area contributed by atoms with Crippen molar-refractivity contribution in [2.24, 2.45) is 0 Å². The van der Waals surface area contributed by atoms with Crippen molar-refractivity contribution in [1.29, 1.82) is 0 Å². The highest BCUT2D eigenvalue weighted by atomic mass is 35.5. The van der Waals surface area contributed by atoms with E-state index in [4.69, 9.17) is 11.6 Å². The molecule has 18 heavy (non-hydrogen) atoms. The van der Waals surface area contributed by atoms with Crippen LogP contribution in [0.2, 0.25) is 5.15 Å². The van der Waals surface area contributed by atoms with E-state index < -0.39 is 4.92 Å². The molecule has 2 heterocycles. The summed E-state index contributed by atoms with van der Waals surface area (Å²) in [4.78, 5) is 17.9. The first-order valence-electron chi connectivity index (χ1n) is 5.11. The van der Waals surface area contributed by atoms with Crippen LogP contribution in [0, 0.1) is 30.9 Å². The van der Waals surface area contributed by atoms with Gasteiger partial charge in [0.2, 0.25) is 11.0 Å². The molecule has 0 aliphatic rings. The van der Waals surface area contributed by atoms with Crippen molar-refractivity contribution >= 4 is 17.3 Å². The quantitative estimate of drug-likeness (QED) is 0.473. The highest BCUT2D eigenvalue weighted by Crippen LogP contribution is 2.28. The fraction of sp³-hybridized carbons (Fsp3) is 0.300. The van der Waals surface area contributed by atoms with Crippen LogP contribution in [0.1, 0.15) is 17.0 Å². The first-order chi connectivity index (χ1) is 8.43. The second-order valence-corrected chi connectivity index (χ2v) is 4.16. The minimum absolute atomic E-state index is 0.0775. The van der Waals surface area contributed by atoms with Crippen molar-refractivity contribution in [3.8, 4) is 5.82 Å². The van der Waals surface area contributed by atoms with E-state index in [-0.39, 0.29) is 16.7 Å². The van der Waals surface area contributed by atoms with Gasteiger partial charge < -0.3 is 0 Å². The first kappa shape index (κ1) is 12.4. The lowest BCUT2D eigenvalue weighted by molar-refractivity contribution is -0.385. The highest BCUT2D eigenvalue weighted by molar-refractivity contribution is 6.31. The molecule has 7 nitrogen and oxygen atoms in total. The highest BCUT2D eigenvalue weighted by Gasteiger charge is 2.25. The Labute approximate surface area is 108 Å². The third kappa shape index (κ3) is 1.82. The SMILES string of the molecule is Cc1nn(-c2ncnc(Cl)c2[N+](=O)[O-])c(C)c1C. The number of nitrogens with zero attached hydrogens (tertiary/aromatic N) is 5. The minimum Gasteiger partial charge on any atom is -0.258 e. The molecule has 0 N–H and O–H groups in total. The molecule has 0 atom stereocenters. The molecule has 0 saturated heterocycles. The Morgan fingerprint density at radius 3 is 2.50 bits per heavy atom. The van der Waals surface area contributed by atoms with Crippen molar-refractivity contribution in [2.75, 3.05) is 0 Å². The van der Waals surface area contributed by atoms with Crippen LogP contribution in [-0.2, 0) is 0 Å². The molecule has 2 aromatic heterocycles. The molecule has 0 unspecified atom stereocenters. The molecule has 0 saturated carbocycles. The zero-order valence-electron chi connectivity index (χ0n) is 10.0. The molecule has 2 rings (SSSR count). The lowest BCUT2D eigenvalue weighted by Gasteiger charge is -2.04. The summed E-state index contributed by atoms with van der Waals surface area (Å²) >= 11 is 5.74. The summed E-state index contributed by atoms with van der Waals surface area (Å²) in [6.07, 6.45) is 1.18. The Kier molecular flexibility index (Phi) is 3.00. The van der Waals surface area contributed by atoms with Crippen LogP contribution in [0.25, 0.3) is 5.82 Å². The standard InChI is InChI=1S/C10H10ClN5O2/c1-5-6(2)14-15(7(5)3)10-8(16(17)18)9(11)12-4-13-10/h4H,1-3H3. The number of aromatic nitrogens is 4. The summed E-state index contributed by atoms with van der Waals surface area (Å²) in [6.45, 7) is 5.53. The number of hydrogen-bond acceptors (Lipinski definition) is 5. The lowest BCUT2D eigenvalue weighted by atomic mass is 10.2. The molecule has 0 fully saturated rings. The molecule has 0 amide bonds. The fourth-order valence-corrected chi connectivity index (χ4v) is 1.78. The maximum Gasteiger partial charge on any atom is 0.350 e. The van der Waals surface area contributed by atoms with Crippen LogP contribution in [-0.4, -0.2) is 24.7 Å². The average molecular weight is 268 g/mol. The Morgan fingerprint density at radius 1 is 1.33 bits per heavy atom. The van der Waals surface area contributed by atoms with Gasteiger partial charge in [-0.05, 0) is 26.3 Å². The molecule has 0 radical (unpaired) electrons. The number of nitro groups is 1. The molecule has 94 valence electrons. The normalized spacial score (nSPS) is 10.7. The summed E-state index contributed by atoms with van der Waals surface area (Å²) in [5, 5.41) is 15.0. The van der Waals surface area contributed by atoms with E-state index >= 15 is 0 Å². The Balaban J connectivity index is 2.75. The second kappa shape index (κ2) is 4.34. The van der Waals surface area contributed by atoms with Gasteiger partial charge in [0.25, 0.3) is 0 Å². The summed E-state index contributed by atoms with van der Waals surface area (Å²) in [7, 11) is 0. The average Bonchev–Trinajstić information content (AvgIpc) is 2.56. The number of hydrogen-bond donors (Lipinski definition) is 0. The van der Waals surface area contributed by atoms with Gasteiger partial charge in [0, 0.05) is 5.69 Å². The van der Waals surface area contributed by atoms with E-state index in [1.54, 1.807) is 0 Å². The van der Waals surface area contributed by atoms with Crippen LogP contribution >= 0.6 is 11.6 Å². The summed E-state index contributed by atoms with van der Waals surface area (Å²) in [6, 6.07) is 0. The van der Waals surface area contributed by atoms with Crippen LogP contribution in [0.3, 0.4) is 0 Å². The maximum atomic E-state index is 11.0. The zero-order chi connectivity index (χ0) is 13.4. The van der Waals surface area contributed by atoms with E-state index in [9.17, 15) is 10.1 Å². The van der Waals surface area contributed by atoms with Gasteiger partial charge in [-0.25, -0.2) is 14.6 Å². The van der Waals surface area contributed by atoms with E-state index in [1.165, 1.54) is 11.0 Å². The van der Waals surface area contributed by atoms with Crippen molar-refractivity contribution in [3.05, 3.63) is 38.5 Å². The molecule has 8 heteroatoms. The third-order valence-electron chi connectivity index (χ3n) is 2.79. The van der Waals surface area contributed by atoms with Crippen molar-refractivity contribution < 1.29 is 4.92 Å². The summed E-state index contributed by atoms with van der Waals surface area (Å²) in [5.74, 6) is 0.0775.